The molecule has 1 N–H and O–H groups in total. The molecule has 0 aliphatic carbocycles. The lowest BCUT2D eigenvalue weighted by molar-refractivity contribution is -0.129. The van der Waals surface area contributed by atoms with E-state index in [0.29, 0.717) is 26.1 Å². The van der Waals surface area contributed by atoms with Gasteiger partial charge in [-0.15, -0.1) is 0 Å². The molecule has 0 saturated heterocycles. The summed E-state index contributed by atoms with van der Waals surface area (Å²) in [5.41, 5.74) is 1.01. The molecule has 0 aromatic heterocycles. The van der Waals surface area contributed by atoms with E-state index in [2.05, 4.69) is 10.2 Å². The van der Waals surface area contributed by atoms with Crippen LogP contribution in [0.15, 0.2) is 24.3 Å². The SMILES string of the molecule is COc1ccc(CNC(=O)CCN(CCCN(C)C)C(C)=O)cc1. The zero-order valence-electron chi connectivity index (χ0n) is 15.2. The van der Waals surface area contributed by atoms with Gasteiger partial charge in [-0.3, -0.25) is 9.59 Å². The Morgan fingerprint density at radius 3 is 2.29 bits per heavy atom. The standard InChI is InChI=1S/C18H29N3O3/c1-15(22)21(12-5-11-20(2)3)13-10-18(23)19-14-16-6-8-17(24-4)9-7-16/h6-9H,5,10-14H2,1-4H3,(H,19,23). The van der Waals surface area contributed by atoms with Crippen LogP contribution in [0, 0.1) is 0 Å². The molecule has 0 aliphatic rings. The Morgan fingerprint density at radius 1 is 1.08 bits per heavy atom. The fourth-order valence-electron chi connectivity index (χ4n) is 2.27. The highest BCUT2D eigenvalue weighted by Gasteiger charge is 2.11. The smallest absolute Gasteiger partial charge is 0.222 e. The van der Waals surface area contributed by atoms with Crippen molar-refractivity contribution in [2.75, 3.05) is 40.8 Å². The van der Waals surface area contributed by atoms with Crippen LogP contribution in [-0.4, -0.2) is 62.5 Å². The van der Waals surface area contributed by atoms with Gasteiger partial charge in [-0.1, -0.05) is 12.1 Å². The lowest BCUT2D eigenvalue weighted by Crippen LogP contribution is -2.35. The van der Waals surface area contributed by atoms with Crippen LogP contribution in [0.25, 0.3) is 0 Å². The van der Waals surface area contributed by atoms with E-state index in [1.807, 2.05) is 38.4 Å². The van der Waals surface area contributed by atoms with E-state index in [4.69, 9.17) is 4.74 Å². The summed E-state index contributed by atoms with van der Waals surface area (Å²) in [5.74, 6) is 0.751. The number of ether oxygens (including phenoxy) is 1. The average Bonchev–Trinajstić information content (AvgIpc) is 2.55. The van der Waals surface area contributed by atoms with Gasteiger partial charge in [-0.05, 0) is 44.8 Å². The summed E-state index contributed by atoms with van der Waals surface area (Å²) in [4.78, 5) is 27.4. The molecule has 0 spiro atoms. The molecule has 2 amide bonds. The molecule has 1 aromatic rings. The monoisotopic (exact) mass is 335 g/mol. The third-order valence-corrected chi connectivity index (χ3v) is 3.74. The zero-order chi connectivity index (χ0) is 17.9. The maximum Gasteiger partial charge on any atom is 0.222 e. The molecule has 0 radical (unpaired) electrons. The Morgan fingerprint density at radius 2 is 1.75 bits per heavy atom. The minimum atomic E-state index is -0.0512. The number of carbonyl (C=O) groups is 2. The van der Waals surface area contributed by atoms with Gasteiger partial charge in [0.2, 0.25) is 11.8 Å². The highest BCUT2D eigenvalue weighted by molar-refractivity contribution is 5.78. The molecule has 0 saturated carbocycles. The second-order valence-electron chi connectivity index (χ2n) is 6.04. The maximum absolute atomic E-state index is 12.0. The van der Waals surface area contributed by atoms with Crippen molar-refractivity contribution in [3.8, 4) is 5.75 Å². The van der Waals surface area contributed by atoms with Crippen LogP contribution in [0.4, 0.5) is 0 Å². The molecule has 24 heavy (non-hydrogen) atoms. The van der Waals surface area contributed by atoms with E-state index in [9.17, 15) is 9.59 Å². The van der Waals surface area contributed by atoms with Crippen molar-refractivity contribution in [1.82, 2.24) is 15.1 Å². The molecule has 0 atom stereocenters. The van der Waals surface area contributed by atoms with Gasteiger partial charge in [0.1, 0.15) is 5.75 Å². The summed E-state index contributed by atoms with van der Waals surface area (Å²) in [6, 6.07) is 7.57. The number of hydrogen-bond donors (Lipinski definition) is 1. The second-order valence-corrected chi connectivity index (χ2v) is 6.04. The molecule has 6 nitrogen and oxygen atoms in total. The predicted molar refractivity (Wildman–Crippen MR) is 94.9 cm³/mol. The lowest BCUT2D eigenvalue weighted by Gasteiger charge is -2.21. The van der Waals surface area contributed by atoms with Gasteiger partial charge in [-0.25, -0.2) is 0 Å². The second kappa shape index (κ2) is 10.6. The van der Waals surface area contributed by atoms with Crippen LogP contribution in [-0.2, 0) is 16.1 Å². The number of hydrogen-bond acceptors (Lipinski definition) is 4. The maximum atomic E-state index is 12.0. The van der Waals surface area contributed by atoms with Crippen LogP contribution in [0.2, 0.25) is 0 Å². The molecular weight excluding hydrogens is 306 g/mol. The summed E-state index contributed by atoms with van der Waals surface area (Å²) >= 11 is 0. The first kappa shape index (κ1) is 20.0. The molecule has 0 fully saturated rings. The van der Waals surface area contributed by atoms with Gasteiger partial charge < -0.3 is 19.9 Å². The average molecular weight is 335 g/mol. The van der Waals surface area contributed by atoms with Crippen molar-refractivity contribution in [2.45, 2.75) is 26.3 Å². The van der Waals surface area contributed by atoms with Crippen LogP contribution in [0.3, 0.4) is 0 Å². The molecule has 0 bridgehead atoms. The Balaban J connectivity index is 2.32. The van der Waals surface area contributed by atoms with E-state index in [1.165, 1.54) is 0 Å². The Kier molecular flexibility index (Phi) is 8.86. The van der Waals surface area contributed by atoms with E-state index < -0.39 is 0 Å². The fourth-order valence-corrected chi connectivity index (χ4v) is 2.27. The molecule has 0 aliphatic heterocycles. The van der Waals surface area contributed by atoms with E-state index in [0.717, 1.165) is 24.3 Å². The minimum absolute atomic E-state index is 0.0108. The van der Waals surface area contributed by atoms with Crippen LogP contribution in [0.5, 0.6) is 5.75 Å². The largest absolute Gasteiger partial charge is 0.497 e. The van der Waals surface area contributed by atoms with Gasteiger partial charge in [-0.2, -0.15) is 0 Å². The zero-order valence-corrected chi connectivity index (χ0v) is 15.2. The number of amides is 2. The third kappa shape index (κ3) is 7.97. The summed E-state index contributed by atoms with van der Waals surface area (Å²) in [6.07, 6.45) is 1.22. The van der Waals surface area contributed by atoms with Gasteiger partial charge in [0.15, 0.2) is 0 Å². The van der Waals surface area contributed by atoms with Crippen LogP contribution >= 0.6 is 0 Å². The van der Waals surface area contributed by atoms with E-state index in [1.54, 1.807) is 18.9 Å². The van der Waals surface area contributed by atoms with Crippen molar-refractivity contribution >= 4 is 11.8 Å². The highest BCUT2D eigenvalue weighted by atomic mass is 16.5. The van der Waals surface area contributed by atoms with Crippen LogP contribution in [0.1, 0.15) is 25.3 Å². The fraction of sp³-hybridized carbons (Fsp3) is 0.556. The van der Waals surface area contributed by atoms with Gasteiger partial charge in [0.25, 0.3) is 0 Å². The molecule has 1 aromatic carbocycles. The first-order valence-electron chi connectivity index (χ1n) is 8.22. The molecule has 1 rings (SSSR count). The Hall–Kier alpha value is -2.08. The van der Waals surface area contributed by atoms with Crippen molar-refractivity contribution in [1.29, 1.82) is 0 Å². The quantitative estimate of drug-likeness (QED) is 0.704. The number of benzene rings is 1. The van der Waals surface area contributed by atoms with Crippen molar-refractivity contribution < 1.29 is 14.3 Å². The normalized spacial score (nSPS) is 10.5. The molecular formula is C18H29N3O3. The summed E-state index contributed by atoms with van der Waals surface area (Å²) in [6.45, 7) is 4.08. The first-order valence-corrected chi connectivity index (χ1v) is 8.22. The Labute approximate surface area is 144 Å². The number of methoxy groups -OCH3 is 1. The lowest BCUT2D eigenvalue weighted by atomic mass is 10.2. The topological polar surface area (TPSA) is 61.9 Å². The third-order valence-electron chi connectivity index (χ3n) is 3.74. The number of nitrogens with zero attached hydrogens (tertiary/aromatic N) is 2. The van der Waals surface area contributed by atoms with Gasteiger partial charge in [0.05, 0.1) is 7.11 Å². The first-order chi connectivity index (χ1) is 11.4. The highest BCUT2D eigenvalue weighted by Crippen LogP contribution is 2.10. The summed E-state index contributed by atoms with van der Waals surface area (Å²) in [7, 11) is 5.63. The van der Waals surface area contributed by atoms with Crippen molar-refractivity contribution in [3.63, 3.8) is 0 Å². The van der Waals surface area contributed by atoms with Crippen LogP contribution < -0.4 is 10.1 Å². The van der Waals surface area contributed by atoms with Crippen molar-refractivity contribution in [3.05, 3.63) is 29.8 Å². The van der Waals surface area contributed by atoms with Gasteiger partial charge >= 0.3 is 0 Å². The molecule has 134 valence electrons. The number of rotatable bonds is 10. The summed E-state index contributed by atoms with van der Waals surface area (Å²) < 4.78 is 5.10. The predicted octanol–water partition coefficient (Wildman–Crippen LogP) is 1.50. The molecule has 6 heteroatoms. The summed E-state index contributed by atoms with van der Waals surface area (Å²) in [5, 5.41) is 2.88. The number of nitrogens with one attached hydrogen (secondary N) is 1. The van der Waals surface area contributed by atoms with Gasteiger partial charge in [0, 0.05) is 33.0 Å². The Bertz CT molecular complexity index is 515. The molecule has 0 unspecified atom stereocenters. The minimum Gasteiger partial charge on any atom is -0.497 e. The number of carbonyl (C=O) groups excluding carboxylic acids is 2. The molecule has 0 heterocycles. The van der Waals surface area contributed by atoms with E-state index >= 15 is 0 Å². The van der Waals surface area contributed by atoms with Crippen molar-refractivity contribution in [2.24, 2.45) is 0 Å². The van der Waals surface area contributed by atoms with E-state index in [-0.39, 0.29) is 11.8 Å².